The average Bonchev–Trinajstić information content (AvgIpc) is 3.09. The summed E-state index contributed by atoms with van der Waals surface area (Å²) in [5.74, 6) is 2.25. The second-order valence-corrected chi connectivity index (χ2v) is 5.77. The Kier molecular flexibility index (Phi) is 5.98. The second-order valence-electron chi connectivity index (χ2n) is 5.77. The number of rotatable bonds is 8. The highest BCUT2D eigenvalue weighted by atomic mass is 16.5. The summed E-state index contributed by atoms with van der Waals surface area (Å²) < 4.78 is 10.6. The number of hydrogen-bond acceptors (Lipinski definition) is 5. The van der Waals surface area contributed by atoms with Crippen LogP contribution in [0.3, 0.4) is 0 Å². The van der Waals surface area contributed by atoms with Crippen molar-refractivity contribution < 1.29 is 9.26 Å². The molecular weight excluding hydrogens is 254 g/mol. The van der Waals surface area contributed by atoms with Gasteiger partial charge in [-0.25, -0.2) is 0 Å². The fourth-order valence-electron chi connectivity index (χ4n) is 3.01. The minimum absolute atomic E-state index is 0.125. The third-order valence-electron chi connectivity index (χ3n) is 4.21. The van der Waals surface area contributed by atoms with E-state index in [1.165, 1.54) is 25.7 Å². The molecule has 20 heavy (non-hydrogen) atoms. The first kappa shape index (κ1) is 15.4. The van der Waals surface area contributed by atoms with E-state index in [-0.39, 0.29) is 6.10 Å². The Morgan fingerprint density at radius 2 is 2.10 bits per heavy atom. The Labute approximate surface area is 121 Å². The van der Waals surface area contributed by atoms with Crippen LogP contribution in [0, 0.1) is 5.92 Å². The molecule has 1 aliphatic carbocycles. The molecule has 1 aliphatic rings. The standard InChI is InChI=1S/C15H27N3O2/c1-4-16-13(12-7-5-6-8-12)10-15-17-14(18-20-15)9-11(2)19-3/h11-13,16H,4-10H2,1-3H3. The van der Waals surface area contributed by atoms with Crippen LogP contribution in [0.1, 0.15) is 51.2 Å². The Balaban J connectivity index is 1.92. The van der Waals surface area contributed by atoms with Crippen molar-refractivity contribution in [2.75, 3.05) is 13.7 Å². The molecule has 1 aromatic rings. The normalized spacial score (nSPS) is 19.4. The molecule has 1 heterocycles. The van der Waals surface area contributed by atoms with E-state index in [0.717, 1.165) is 30.6 Å². The molecular formula is C15H27N3O2. The SMILES string of the molecule is CCNC(Cc1nc(CC(C)OC)no1)C1CCCC1. The number of ether oxygens (including phenoxy) is 1. The van der Waals surface area contributed by atoms with E-state index in [4.69, 9.17) is 9.26 Å². The molecule has 5 heteroatoms. The van der Waals surface area contributed by atoms with Crippen molar-refractivity contribution in [1.82, 2.24) is 15.5 Å². The number of nitrogens with zero attached hydrogens (tertiary/aromatic N) is 2. The highest BCUT2D eigenvalue weighted by Crippen LogP contribution is 2.29. The zero-order valence-corrected chi connectivity index (χ0v) is 12.9. The summed E-state index contributed by atoms with van der Waals surface area (Å²) in [6, 6.07) is 0.468. The zero-order chi connectivity index (χ0) is 14.4. The predicted molar refractivity (Wildman–Crippen MR) is 77.6 cm³/mol. The van der Waals surface area contributed by atoms with Gasteiger partial charge in [0, 0.05) is 26.0 Å². The maximum atomic E-state index is 5.39. The molecule has 1 saturated carbocycles. The van der Waals surface area contributed by atoms with E-state index in [1.807, 2.05) is 6.92 Å². The largest absolute Gasteiger partial charge is 0.381 e. The molecule has 1 N–H and O–H groups in total. The molecule has 2 atom stereocenters. The van der Waals surface area contributed by atoms with Gasteiger partial charge in [0.15, 0.2) is 5.82 Å². The van der Waals surface area contributed by atoms with Crippen LogP contribution in [0.5, 0.6) is 0 Å². The van der Waals surface area contributed by atoms with E-state index in [2.05, 4.69) is 22.4 Å². The van der Waals surface area contributed by atoms with Crippen LogP contribution in [0.2, 0.25) is 0 Å². The lowest BCUT2D eigenvalue weighted by molar-refractivity contribution is 0.116. The van der Waals surface area contributed by atoms with Crippen molar-refractivity contribution in [3.8, 4) is 0 Å². The highest BCUT2D eigenvalue weighted by molar-refractivity contribution is 4.93. The van der Waals surface area contributed by atoms with Gasteiger partial charge in [0.2, 0.25) is 5.89 Å². The summed E-state index contributed by atoms with van der Waals surface area (Å²) in [5.41, 5.74) is 0. The van der Waals surface area contributed by atoms with Gasteiger partial charge in [-0.2, -0.15) is 4.98 Å². The summed E-state index contributed by atoms with van der Waals surface area (Å²) in [7, 11) is 1.70. The predicted octanol–water partition coefficient (Wildman–Crippen LogP) is 2.36. The average molecular weight is 281 g/mol. The molecule has 0 aromatic carbocycles. The maximum Gasteiger partial charge on any atom is 0.228 e. The minimum Gasteiger partial charge on any atom is -0.381 e. The lowest BCUT2D eigenvalue weighted by Crippen LogP contribution is -2.37. The third kappa shape index (κ3) is 4.28. The van der Waals surface area contributed by atoms with E-state index in [0.29, 0.717) is 12.5 Å². The monoisotopic (exact) mass is 281 g/mol. The quantitative estimate of drug-likeness (QED) is 0.792. The molecule has 1 fully saturated rings. The third-order valence-corrected chi connectivity index (χ3v) is 4.21. The topological polar surface area (TPSA) is 60.2 Å². The summed E-state index contributed by atoms with van der Waals surface area (Å²) in [5, 5.41) is 7.63. The fraction of sp³-hybridized carbons (Fsp3) is 0.867. The van der Waals surface area contributed by atoms with Crippen LogP contribution in [0.25, 0.3) is 0 Å². The van der Waals surface area contributed by atoms with Crippen LogP contribution in [-0.4, -0.2) is 35.9 Å². The van der Waals surface area contributed by atoms with E-state index in [9.17, 15) is 0 Å². The van der Waals surface area contributed by atoms with Gasteiger partial charge >= 0.3 is 0 Å². The van der Waals surface area contributed by atoms with E-state index in [1.54, 1.807) is 7.11 Å². The van der Waals surface area contributed by atoms with Crippen molar-refractivity contribution >= 4 is 0 Å². The Morgan fingerprint density at radius 1 is 1.35 bits per heavy atom. The molecule has 2 rings (SSSR count). The summed E-state index contributed by atoms with van der Waals surface area (Å²) in [6.45, 7) is 5.15. The highest BCUT2D eigenvalue weighted by Gasteiger charge is 2.26. The molecule has 0 amide bonds. The fourth-order valence-corrected chi connectivity index (χ4v) is 3.01. The van der Waals surface area contributed by atoms with Crippen molar-refractivity contribution in [3.63, 3.8) is 0 Å². The Bertz CT molecular complexity index is 388. The van der Waals surface area contributed by atoms with Crippen molar-refractivity contribution in [2.45, 2.75) is 64.5 Å². The lowest BCUT2D eigenvalue weighted by atomic mass is 9.95. The molecule has 0 bridgehead atoms. The zero-order valence-electron chi connectivity index (χ0n) is 12.9. The lowest BCUT2D eigenvalue weighted by Gasteiger charge is -2.22. The van der Waals surface area contributed by atoms with Gasteiger partial charge in [0.1, 0.15) is 0 Å². The van der Waals surface area contributed by atoms with Crippen molar-refractivity contribution in [1.29, 1.82) is 0 Å². The molecule has 5 nitrogen and oxygen atoms in total. The molecule has 0 aliphatic heterocycles. The maximum absolute atomic E-state index is 5.39. The summed E-state index contributed by atoms with van der Waals surface area (Å²) in [6.07, 6.45) is 7.01. The van der Waals surface area contributed by atoms with Gasteiger partial charge in [-0.1, -0.05) is 24.9 Å². The number of hydrogen-bond donors (Lipinski definition) is 1. The molecule has 0 radical (unpaired) electrons. The number of aromatic nitrogens is 2. The Morgan fingerprint density at radius 3 is 2.75 bits per heavy atom. The number of methoxy groups -OCH3 is 1. The Hall–Kier alpha value is -0.940. The minimum atomic E-state index is 0.125. The first-order valence-corrected chi connectivity index (χ1v) is 7.80. The van der Waals surface area contributed by atoms with Gasteiger partial charge in [-0.15, -0.1) is 0 Å². The molecule has 2 unspecified atom stereocenters. The van der Waals surface area contributed by atoms with Crippen molar-refractivity contribution in [3.05, 3.63) is 11.7 Å². The summed E-state index contributed by atoms with van der Waals surface area (Å²) in [4.78, 5) is 4.49. The van der Waals surface area contributed by atoms with Gasteiger partial charge in [0.25, 0.3) is 0 Å². The van der Waals surface area contributed by atoms with E-state index < -0.39 is 0 Å². The smallest absolute Gasteiger partial charge is 0.228 e. The molecule has 0 spiro atoms. The number of nitrogens with one attached hydrogen (secondary N) is 1. The first-order valence-electron chi connectivity index (χ1n) is 7.80. The van der Waals surface area contributed by atoms with Crippen LogP contribution >= 0.6 is 0 Å². The number of likely N-dealkylation sites (N-methyl/N-ethyl adjacent to an activating group) is 1. The summed E-state index contributed by atoms with van der Waals surface area (Å²) >= 11 is 0. The van der Waals surface area contributed by atoms with Crippen LogP contribution in [-0.2, 0) is 17.6 Å². The second kappa shape index (κ2) is 7.74. The van der Waals surface area contributed by atoms with Crippen LogP contribution in [0.4, 0.5) is 0 Å². The van der Waals surface area contributed by atoms with Gasteiger partial charge < -0.3 is 14.6 Å². The van der Waals surface area contributed by atoms with Gasteiger partial charge in [-0.05, 0) is 32.2 Å². The molecule has 114 valence electrons. The van der Waals surface area contributed by atoms with Crippen LogP contribution < -0.4 is 5.32 Å². The molecule has 1 aromatic heterocycles. The van der Waals surface area contributed by atoms with Crippen molar-refractivity contribution in [2.24, 2.45) is 5.92 Å². The molecule has 0 saturated heterocycles. The van der Waals surface area contributed by atoms with Crippen LogP contribution in [0.15, 0.2) is 4.52 Å². The van der Waals surface area contributed by atoms with Gasteiger partial charge in [-0.3, -0.25) is 0 Å². The van der Waals surface area contributed by atoms with Gasteiger partial charge in [0.05, 0.1) is 6.10 Å². The van der Waals surface area contributed by atoms with E-state index >= 15 is 0 Å². The first-order chi connectivity index (χ1) is 9.72.